The lowest BCUT2D eigenvalue weighted by molar-refractivity contribution is 0.122. The number of ether oxygens (including phenoxy) is 2. The van der Waals surface area contributed by atoms with Gasteiger partial charge in [0.1, 0.15) is 5.75 Å². The molecule has 0 N–H and O–H groups in total. The van der Waals surface area contributed by atoms with Gasteiger partial charge in [-0.25, -0.2) is 4.98 Å². The minimum Gasteiger partial charge on any atom is -0.496 e. The van der Waals surface area contributed by atoms with Crippen molar-refractivity contribution in [3.8, 4) is 17.0 Å². The number of nitrogens with zero attached hydrogens (tertiary/aromatic N) is 2. The summed E-state index contributed by atoms with van der Waals surface area (Å²) in [5.74, 6) is 0.909. The Morgan fingerprint density at radius 1 is 1.30 bits per heavy atom. The van der Waals surface area contributed by atoms with Crippen molar-refractivity contribution in [2.24, 2.45) is 0 Å². The summed E-state index contributed by atoms with van der Waals surface area (Å²) in [5, 5.41) is 3.16. The Morgan fingerprint density at radius 2 is 2.10 bits per heavy atom. The van der Waals surface area contributed by atoms with Crippen LogP contribution in [0.5, 0.6) is 5.75 Å². The summed E-state index contributed by atoms with van der Waals surface area (Å²) in [5.41, 5.74) is 3.17. The van der Waals surface area contributed by atoms with Crippen LogP contribution in [0.1, 0.15) is 5.56 Å². The predicted octanol–water partition coefficient (Wildman–Crippen LogP) is 2.96. The van der Waals surface area contributed by atoms with Gasteiger partial charge in [-0.1, -0.05) is 12.1 Å². The van der Waals surface area contributed by atoms with Gasteiger partial charge < -0.3 is 14.4 Å². The number of rotatable bonds is 3. The second kappa shape index (κ2) is 5.81. The van der Waals surface area contributed by atoms with Gasteiger partial charge in [0.2, 0.25) is 0 Å². The van der Waals surface area contributed by atoms with Gasteiger partial charge in [-0.3, -0.25) is 0 Å². The van der Waals surface area contributed by atoms with Crippen molar-refractivity contribution in [2.45, 2.75) is 6.92 Å². The first-order valence-corrected chi connectivity index (χ1v) is 7.60. The van der Waals surface area contributed by atoms with E-state index in [1.54, 1.807) is 18.4 Å². The van der Waals surface area contributed by atoms with Crippen molar-refractivity contribution in [3.05, 3.63) is 29.1 Å². The van der Waals surface area contributed by atoms with Gasteiger partial charge in [-0.15, -0.1) is 11.3 Å². The number of hydrogen-bond acceptors (Lipinski definition) is 5. The first-order chi connectivity index (χ1) is 9.79. The Labute approximate surface area is 123 Å². The largest absolute Gasteiger partial charge is 0.496 e. The third-order valence-electron chi connectivity index (χ3n) is 3.47. The summed E-state index contributed by atoms with van der Waals surface area (Å²) in [4.78, 5) is 7.04. The minimum absolute atomic E-state index is 0.780. The molecular formula is C15H18N2O2S. The maximum atomic E-state index is 5.52. The molecule has 5 heteroatoms. The average molecular weight is 290 g/mol. The Hall–Kier alpha value is -1.59. The van der Waals surface area contributed by atoms with Crippen LogP contribution in [0.3, 0.4) is 0 Å². The van der Waals surface area contributed by atoms with E-state index < -0.39 is 0 Å². The van der Waals surface area contributed by atoms with Gasteiger partial charge in [0.05, 0.1) is 26.0 Å². The van der Waals surface area contributed by atoms with E-state index in [1.165, 1.54) is 0 Å². The summed E-state index contributed by atoms with van der Waals surface area (Å²) >= 11 is 1.68. The highest BCUT2D eigenvalue weighted by Gasteiger charge is 2.17. The number of methoxy groups -OCH3 is 1. The molecule has 1 saturated heterocycles. The van der Waals surface area contributed by atoms with E-state index in [9.17, 15) is 0 Å². The van der Waals surface area contributed by atoms with Crippen molar-refractivity contribution >= 4 is 16.5 Å². The zero-order chi connectivity index (χ0) is 13.9. The van der Waals surface area contributed by atoms with E-state index >= 15 is 0 Å². The molecule has 2 heterocycles. The summed E-state index contributed by atoms with van der Waals surface area (Å²) in [6.07, 6.45) is 0. The molecule has 0 atom stereocenters. The molecule has 0 saturated carbocycles. The highest BCUT2D eigenvalue weighted by molar-refractivity contribution is 7.14. The fourth-order valence-electron chi connectivity index (χ4n) is 2.41. The molecule has 106 valence electrons. The number of anilines is 1. The van der Waals surface area contributed by atoms with Gasteiger partial charge in [0.15, 0.2) is 5.13 Å². The van der Waals surface area contributed by atoms with E-state index in [4.69, 9.17) is 14.5 Å². The van der Waals surface area contributed by atoms with Crippen LogP contribution < -0.4 is 9.64 Å². The van der Waals surface area contributed by atoms with Crippen LogP contribution >= 0.6 is 11.3 Å². The molecule has 0 amide bonds. The molecule has 2 aromatic rings. The fraction of sp³-hybridized carbons (Fsp3) is 0.400. The molecular weight excluding hydrogens is 272 g/mol. The average Bonchev–Trinajstić information content (AvgIpc) is 2.97. The topological polar surface area (TPSA) is 34.6 Å². The Bertz CT molecular complexity index is 591. The monoisotopic (exact) mass is 290 g/mol. The number of benzene rings is 1. The van der Waals surface area contributed by atoms with Crippen LogP contribution in [-0.4, -0.2) is 38.4 Å². The highest BCUT2D eigenvalue weighted by atomic mass is 32.1. The number of morpholine rings is 1. The third-order valence-corrected chi connectivity index (χ3v) is 4.37. The molecule has 0 unspecified atom stereocenters. The van der Waals surface area contributed by atoms with Gasteiger partial charge in [-0.05, 0) is 18.6 Å². The van der Waals surface area contributed by atoms with Crippen LogP contribution in [0.2, 0.25) is 0 Å². The second-order valence-electron chi connectivity index (χ2n) is 4.77. The van der Waals surface area contributed by atoms with E-state index in [2.05, 4.69) is 29.3 Å². The van der Waals surface area contributed by atoms with Crippen molar-refractivity contribution in [1.82, 2.24) is 4.98 Å². The smallest absolute Gasteiger partial charge is 0.186 e. The van der Waals surface area contributed by atoms with E-state index in [-0.39, 0.29) is 0 Å². The lowest BCUT2D eigenvalue weighted by Gasteiger charge is -2.26. The van der Waals surface area contributed by atoms with E-state index in [1.807, 2.05) is 6.07 Å². The molecule has 3 rings (SSSR count). The molecule has 1 aromatic heterocycles. The highest BCUT2D eigenvalue weighted by Crippen LogP contribution is 2.35. The normalized spacial score (nSPS) is 15.4. The second-order valence-corrected chi connectivity index (χ2v) is 5.61. The van der Waals surface area contributed by atoms with Crippen LogP contribution in [0.15, 0.2) is 23.6 Å². The number of thiazole rings is 1. The Kier molecular flexibility index (Phi) is 3.89. The van der Waals surface area contributed by atoms with Crippen LogP contribution in [0, 0.1) is 6.92 Å². The van der Waals surface area contributed by atoms with Crippen molar-refractivity contribution in [2.75, 3.05) is 38.3 Å². The lowest BCUT2D eigenvalue weighted by Crippen LogP contribution is -2.36. The summed E-state index contributed by atoms with van der Waals surface area (Å²) in [6.45, 7) is 5.44. The number of aromatic nitrogens is 1. The molecule has 0 spiro atoms. The van der Waals surface area contributed by atoms with Gasteiger partial charge in [0.25, 0.3) is 0 Å². The SMILES string of the molecule is COc1c(C)cccc1-c1csc(N2CCOCC2)n1. The number of aryl methyl sites for hydroxylation is 1. The molecule has 1 aliphatic rings. The van der Waals surface area contributed by atoms with Crippen LogP contribution in [0.25, 0.3) is 11.3 Å². The molecule has 0 radical (unpaired) electrons. The number of hydrogen-bond donors (Lipinski definition) is 0. The van der Waals surface area contributed by atoms with Gasteiger partial charge >= 0.3 is 0 Å². The maximum absolute atomic E-state index is 5.52. The van der Waals surface area contributed by atoms with Crippen LogP contribution in [0.4, 0.5) is 5.13 Å². The zero-order valence-electron chi connectivity index (χ0n) is 11.8. The first-order valence-electron chi connectivity index (χ1n) is 6.72. The molecule has 20 heavy (non-hydrogen) atoms. The maximum Gasteiger partial charge on any atom is 0.186 e. The Morgan fingerprint density at radius 3 is 2.85 bits per heavy atom. The summed E-state index contributed by atoms with van der Waals surface area (Å²) in [7, 11) is 1.71. The lowest BCUT2D eigenvalue weighted by atomic mass is 10.1. The summed E-state index contributed by atoms with van der Waals surface area (Å²) < 4.78 is 10.9. The van der Waals surface area contributed by atoms with Crippen molar-refractivity contribution in [1.29, 1.82) is 0 Å². The summed E-state index contributed by atoms with van der Waals surface area (Å²) in [6, 6.07) is 6.16. The number of para-hydroxylation sites is 1. The molecule has 1 fully saturated rings. The first kappa shape index (κ1) is 13.4. The van der Waals surface area contributed by atoms with Crippen molar-refractivity contribution in [3.63, 3.8) is 0 Å². The standard InChI is InChI=1S/C15H18N2O2S/c1-11-4-3-5-12(14(11)18-2)13-10-20-15(16-13)17-6-8-19-9-7-17/h3-5,10H,6-9H2,1-2H3. The minimum atomic E-state index is 0.780. The van der Waals surface area contributed by atoms with Gasteiger partial charge in [0, 0.05) is 24.0 Å². The van der Waals surface area contributed by atoms with E-state index in [0.29, 0.717) is 0 Å². The molecule has 1 aliphatic heterocycles. The van der Waals surface area contributed by atoms with Crippen LogP contribution in [-0.2, 0) is 4.74 Å². The quantitative estimate of drug-likeness (QED) is 0.870. The predicted molar refractivity (Wildman–Crippen MR) is 81.9 cm³/mol. The fourth-order valence-corrected chi connectivity index (χ4v) is 3.29. The van der Waals surface area contributed by atoms with Gasteiger partial charge in [-0.2, -0.15) is 0 Å². The molecule has 0 bridgehead atoms. The molecule has 0 aliphatic carbocycles. The molecule has 1 aromatic carbocycles. The Balaban J connectivity index is 1.92. The third kappa shape index (κ3) is 2.51. The molecule has 4 nitrogen and oxygen atoms in total. The van der Waals surface area contributed by atoms with E-state index in [0.717, 1.165) is 54.0 Å². The zero-order valence-corrected chi connectivity index (χ0v) is 12.6. The van der Waals surface area contributed by atoms with Crippen molar-refractivity contribution < 1.29 is 9.47 Å².